The fraction of sp³-hybridized carbons (Fsp3) is 0.714. The van der Waals surface area contributed by atoms with Gasteiger partial charge in [-0.2, -0.15) is 0 Å². The molecule has 1 atom stereocenters. The molecule has 46 valence electrons. The van der Waals surface area contributed by atoms with Gasteiger partial charge in [-0.15, -0.1) is 6.42 Å². The van der Waals surface area contributed by atoms with Gasteiger partial charge in [-0.05, 0) is 13.3 Å². The highest BCUT2D eigenvalue weighted by atomic mass is 16.3. The minimum atomic E-state index is -0.880. The molecule has 1 nitrogen and oxygen atoms in total. The van der Waals surface area contributed by atoms with Gasteiger partial charge in [0.25, 0.3) is 0 Å². The van der Waals surface area contributed by atoms with Crippen LogP contribution >= 0.6 is 0 Å². The van der Waals surface area contributed by atoms with Crippen LogP contribution in [0.2, 0.25) is 0 Å². The van der Waals surface area contributed by atoms with E-state index in [-0.39, 0.29) is 0 Å². The lowest BCUT2D eigenvalue weighted by Gasteiger charge is -2.13. The van der Waals surface area contributed by atoms with E-state index in [1.54, 1.807) is 6.92 Å². The largest absolute Gasteiger partial charge is 0.378 e. The van der Waals surface area contributed by atoms with Crippen molar-refractivity contribution in [2.24, 2.45) is 0 Å². The summed E-state index contributed by atoms with van der Waals surface area (Å²) in [4.78, 5) is 0. The molecule has 0 saturated carbocycles. The maximum Gasteiger partial charge on any atom is 0.122 e. The highest BCUT2D eigenvalue weighted by Crippen LogP contribution is 2.08. The Labute approximate surface area is 50.7 Å². The maximum atomic E-state index is 9.09. The Hall–Kier alpha value is -0.480. The lowest BCUT2D eigenvalue weighted by atomic mass is 10.0. The van der Waals surface area contributed by atoms with Gasteiger partial charge in [0.2, 0.25) is 0 Å². The highest BCUT2D eigenvalue weighted by Gasteiger charge is 2.12. The van der Waals surface area contributed by atoms with Gasteiger partial charge in [0.05, 0.1) is 0 Å². The number of rotatable bonds is 2. The summed E-state index contributed by atoms with van der Waals surface area (Å²) >= 11 is 0. The summed E-state index contributed by atoms with van der Waals surface area (Å²) in [6.07, 6.45) is 6.60. The average Bonchev–Trinajstić information content (AvgIpc) is 1.67. The van der Waals surface area contributed by atoms with E-state index in [2.05, 4.69) is 5.92 Å². The van der Waals surface area contributed by atoms with E-state index in [0.717, 1.165) is 6.42 Å². The van der Waals surface area contributed by atoms with Gasteiger partial charge in [-0.3, -0.25) is 0 Å². The van der Waals surface area contributed by atoms with Crippen molar-refractivity contribution < 1.29 is 5.11 Å². The molecule has 0 unspecified atom stereocenters. The van der Waals surface area contributed by atoms with Crippen LogP contribution in [0.25, 0.3) is 0 Å². The van der Waals surface area contributed by atoms with Crippen molar-refractivity contribution in [2.75, 3.05) is 0 Å². The van der Waals surface area contributed by atoms with Gasteiger partial charge in [0.15, 0.2) is 0 Å². The Morgan fingerprint density at radius 1 is 1.75 bits per heavy atom. The number of aliphatic hydroxyl groups is 1. The van der Waals surface area contributed by atoms with Crippen molar-refractivity contribution in [3.05, 3.63) is 0 Å². The van der Waals surface area contributed by atoms with Crippen molar-refractivity contribution in [3.8, 4) is 12.3 Å². The third kappa shape index (κ3) is 2.65. The zero-order valence-corrected chi connectivity index (χ0v) is 5.44. The van der Waals surface area contributed by atoms with E-state index < -0.39 is 5.60 Å². The van der Waals surface area contributed by atoms with E-state index >= 15 is 0 Å². The van der Waals surface area contributed by atoms with Crippen molar-refractivity contribution in [1.29, 1.82) is 0 Å². The molecule has 0 spiro atoms. The first-order valence-electron chi connectivity index (χ1n) is 2.82. The lowest BCUT2D eigenvalue weighted by Crippen LogP contribution is -2.19. The molecule has 0 rings (SSSR count). The summed E-state index contributed by atoms with van der Waals surface area (Å²) in [5.41, 5.74) is -0.880. The fourth-order valence-corrected chi connectivity index (χ4v) is 0.559. The molecule has 0 aliphatic rings. The third-order valence-electron chi connectivity index (χ3n) is 1.05. The summed E-state index contributed by atoms with van der Waals surface area (Å²) in [5.74, 6) is 2.30. The second-order valence-electron chi connectivity index (χ2n) is 2.17. The molecule has 8 heavy (non-hydrogen) atoms. The van der Waals surface area contributed by atoms with Crippen molar-refractivity contribution in [2.45, 2.75) is 32.3 Å². The lowest BCUT2D eigenvalue weighted by molar-refractivity contribution is 0.111. The van der Waals surface area contributed by atoms with Crippen LogP contribution in [0.15, 0.2) is 0 Å². The molecule has 0 aromatic rings. The second kappa shape index (κ2) is 2.74. The molecular formula is C7H12O. The minimum absolute atomic E-state index is 0.684. The molecule has 1 N–H and O–H groups in total. The molecule has 0 saturated heterocycles. The van der Waals surface area contributed by atoms with Crippen LogP contribution in [-0.4, -0.2) is 10.7 Å². The number of hydrogen-bond acceptors (Lipinski definition) is 1. The van der Waals surface area contributed by atoms with Gasteiger partial charge < -0.3 is 5.11 Å². The normalized spacial score (nSPS) is 16.8. The highest BCUT2D eigenvalue weighted by molar-refractivity contribution is 5.03. The van der Waals surface area contributed by atoms with E-state index in [9.17, 15) is 0 Å². The van der Waals surface area contributed by atoms with Gasteiger partial charge in [-0.1, -0.05) is 19.3 Å². The van der Waals surface area contributed by atoms with Crippen LogP contribution < -0.4 is 0 Å². The van der Waals surface area contributed by atoms with E-state index in [1.807, 2.05) is 6.92 Å². The predicted molar refractivity (Wildman–Crippen MR) is 34.4 cm³/mol. The monoisotopic (exact) mass is 112 g/mol. The molecule has 0 heterocycles. The van der Waals surface area contributed by atoms with Crippen LogP contribution in [0.1, 0.15) is 26.7 Å². The topological polar surface area (TPSA) is 20.2 Å². The second-order valence-corrected chi connectivity index (χ2v) is 2.17. The molecule has 1 heteroatoms. The smallest absolute Gasteiger partial charge is 0.122 e. The molecule has 0 amide bonds. The molecule has 0 aliphatic heterocycles. The van der Waals surface area contributed by atoms with Crippen LogP contribution in [0.5, 0.6) is 0 Å². The first-order valence-corrected chi connectivity index (χ1v) is 2.82. The molecule has 0 fully saturated rings. The molecule has 0 bridgehead atoms. The average molecular weight is 112 g/mol. The summed E-state index contributed by atoms with van der Waals surface area (Å²) in [7, 11) is 0. The van der Waals surface area contributed by atoms with Crippen LogP contribution in [0.3, 0.4) is 0 Å². The molecule has 0 aromatic heterocycles. The van der Waals surface area contributed by atoms with Gasteiger partial charge in [0.1, 0.15) is 5.60 Å². The van der Waals surface area contributed by atoms with Crippen LogP contribution in [0, 0.1) is 12.3 Å². The van der Waals surface area contributed by atoms with Crippen LogP contribution in [0.4, 0.5) is 0 Å². The van der Waals surface area contributed by atoms with Crippen LogP contribution in [-0.2, 0) is 0 Å². The zero-order chi connectivity index (χ0) is 6.62. The molecule has 0 aromatic carbocycles. The molecular weight excluding hydrogens is 100 g/mol. The zero-order valence-electron chi connectivity index (χ0n) is 5.44. The van der Waals surface area contributed by atoms with Crippen molar-refractivity contribution in [1.82, 2.24) is 0 Å². The van der Waals surface area contributed by atoms with E-state index in [1.165, 1.54) is 0 Å². The van der Waals surface area contributed by atoms with Crippen molar-refractivity contribution >= 4 is 0 Å². The maximum absolute atomic E-state index is 9.09. The van der Waals surface area contributed by atoms with Gasteiger partial charge >= 0.3 is 0 Å². The standard InChI is InChI=1S/C7H12O/c1-4-6-7(3,8)5-2/h2,8H,4,6H2,1,3H3/t7-/m1/s1. The number of hydrogen-bond donors (Lipinski definition) is 1. The Morgan fingerprint density at radius 2 is 2.25 bits per heavy atom. The van der Waals surface area contributed by atoms with E-state index in [4.69, 9.17) is 11.5 Å². The minimum Gasteiger partial charge on any atom is -0.378 e. The van der Waals surface area contributed by atoms with Crippen molar-refractivity contribution in [3.63, 3.8) is 0 Å². The Morgan fingerprint density at radius 3 is 2.38 bits per heavy atom. The first-order chi connectivity index (χ1) is 3.62. The third-order valence-corrected chi connectivity index (χ3v) is 1.05. The summed E-state index contributed by atoms with van der Waals surface area (Å²) in [5, 5.41) is 9.09. The first kappa shape index (κ1) is 7.52. The summed E-state index contributed by atoms with van der Waals surface area (Å²) in [6, 6.07) is 0. The Balaban J connectivity index is 3.59. The Bertz CT molecular complexity index is 97.4. The summed E-state index contributed by atoms with van der Waals surface area (Å²) in [6.45, 7) is 3.64. The predicted octanol–water partition coefficient (Wildman–Crippen LogP) is 1.17. The molecule has 0 aliphatic carbocycles. The quantitative estimate of drug-likeness (QED) is 0.532. The molecule has 0 radical (unpaired) electrons. The SMILES string of the molecule is C#C[C@@](C)(O)CCC. The van der Waals surface area contributed by atoms with E-state index in [0.29, 0.717) is 6.42 Å². The van der Waals surface area contributed by atoms with Gasteiger partial charge in [0, 0.05) is 0 Å². The Kier molecular flexibility index (Phi) is 2.57. The fourth-order valence-electron chi connectivity index (χ4n) is 0.559. The van der Waals surface area contributed by atoms with Gasteiger partial charge in [-0.25, -0.2) is 0 Å². The number of terminal acetylenes is 1. The summed E-state index contributed by atoms with van der Waals surface area (Å²) < 4.78 is 0.